The SMILES string of the molecule is C=CCSc1nc2c(c(=O)[nH]1)C(c1cc(C)ccc1C)CC(=O)N2. The Bertz CT molecular complexity index is 873. The van der Waals surface area contributed by atoms with Gasteiger partial charge >= 0.3 is 0 Å². The molecule has 1 aliphatic heterocycles. The molecule has 1 amide bonds. The van der Waals surface area contributed by atoms with Crippen LogP contribution in [0.25, 0.3) is 0 Å². The molecule has 0 spiro atoms. The predicted octanol–water partition coefficient (Wildman–Crippen LogP) is 3.14. The molecule has 124 valence electrons. The number of H-pyrrole nitrogens is 1. The number of nitrogens with one attached hydrogen (secondary N) is 2. The smallest absolute Gasteiger partial charge is 0.257 e. The lowest BCUT2D eigenvalue weighted by Gasteiger charge is -2.26. The van der Waals surface area contributed by atoms with Crippen molar-refractivity contribution < 1.29 is 4.79 Å². The Morgan fingerprint density at radius 1 is 1.38 bits per heavy atom. The summed E-state index contributed by atoms with van der Waals surface area (Å²) < 4.78 is 0. The quantitative estimate of drug-likeness (QED) is 0.509. The zero-order chi connectivity index (χ0) is 17.3. The number of aromatic amines is 1. The number of aryl methyl sites for hydroxylation is 2. The molecule has 0 radical (unpaired) electrons. The van der Waals surface area contributed by atoms with Crippen LogP contribution in [0.2, 0.25) is 0 Å². The number of rotatable bonds is 4. The highest BCUT2D eigenvalue weighted by atomic mass is 32.2. The molecule has 2 aromatic rings. The largest absolute Gasteiger partial charge is 0.310 e. The summed E-state index contributed by atoms with van der Waals surface area (Å²) in [6.45, 7) is 7.66. The summed E-state index contributed by atoms with van der Waals surface area (Å²) in [5.41, 5.74) is 3.51. The molecule has 3 rings (SSSR count). The molecule has 2 N–H and O–H groups in total. The van der Waals surface area contributed by atoms with Crippen molar-refractivity contribution in [2.75, 3.05) is 11.1 Å². The van der Waals surface area contributed by atoms with Crippen molar-refractivity contribution in [3.8, 4) is 0 Å². The fraction of sp³-hybridized carbons (Fsp3) is 0.278. The average Bonchev–Trinajstić information content (AvgIpc) is 2.54. The molecule has 24 heavy (non-hydrogen) atoms. The molecule has 1 atom stereocenters. The average molecular weight is 341 g/mol. The number of hydrogen-bond acceptors (Lipinski definition) is 4. The van der Waals surface area contributed by atoms with E-state index in [4.69, 9.17) is 0 Å². The molecule has 0 aliphatic carbocycles. The fourth-order valence-electron chi connectivity index (χ4n) is 2.96. The van der Waals surface area contributed by atoms with Gasteiger partial charge in [-0.15, -0.1) is 6.58 Å². The lowest BCUT2D eigenvalue weighted by molar-refractivity contribution is -0.116. The molecule has 1 aromatic heterocycles. The number of benzene rings is 1. The van der Waals surface area contributed by atoms with Gasteiger partial charge in [-0.2, -0.15) is 0 Å². The normalized spacial score (nSPS) is 16.4. The van der Waals surface area contributed by atoms with Gasteiger partial charge in [0.25, 0.3) is 5.56 Å². The van der Waals surface area contributed by atoms with E-state index in [9.17, 15) is 9.59 Å². The maximum Gasteiger partial charge on any atom is 0.257 e. The third-order valence-electron chi connectivity index (χ3n) is 4.08. The van der Waals surface area contributed by atoms with E-state index in [0.29, 0.717) is 22.3 Å². The molecular formula is C18H19N3O2S. The van der Waals surface area contributed by atoms with E-state index in [0.717, 1.165) is 16.7 Å². The Morgan fingerprint density at radius 3 is 2.92 bits per heavy atom. The van der Waals surface area contributed by atoms with Crippen molar-refractivity contribution in [1.82, 2.24) is 9.97 Å². The highest BCUT2D eigenvalue weighted by Gasteiger charge is 2.31. The third kappa shape index (κ3) is 3.14. The third-order valence-corrected chi connectivity index (χ3v) is 4.95. The van der Waals surface area contributed by atoms with E-state index >= 15 is 0 Å². The lowest BCUT2D eigenvalue weighted by atomic mass is 9.84. The Balaban J connectivity index is 2.13. The molecule has 6 heteroatoms. The molecule has 0 fully saturated rings. The zero-order valence-corrected chi connectivity index (χ0v) is 14.5. The van der Waals surface area contributed by atoms with Gasteiger partial charge in [0.1, 0.15) is 5.82 Å². The summed E-state index contributed by atoms with van der Waals surface area (Å²) in [7, 11) is 0. The summed E-state index contributed by atoms with van der Waals surface area (Å²) in [5, 5.41) is 3.23. The molecule has 1 aromatic carbocycles. The first-order valence-corrected chi connectivity index (χ1v) is 8.73. The van der Waals surface area contributed by atoms with Crippen molar-refractivity contribution >= 4 is 23.5 Å². The van der Waals surface area contributed by atoms with Crippen LogP contribution in [-0.4, -0.2) is 21.6 Å². The Morgan fingerprint density at radius 2 is 2.17 bits per heavy atom. The van der Waals surface area contributed by atoms with E-state index in [1.165, 1.54) is 11.8 Å². The maximum atomic E-state index is 12.6. The lowest BCUT2D eigenvalue weighted by Crippen LogP contribution is -2.31. The van der Waals surface area contributed by atoms with Crippen LogP contribution < -0.4 is 10.9 Å². The second kappa shape index (κ2) is 6.65. The number of carbonyl (C=O) groups excluding carboxylic acids is 1. The number of hydrogen-bond donors (Lipinski definition) is 2. The van der Waals surface area contributed by atoms with Gasteiger partial charge in [-0.05, 0) is 25.0 Å². The highest BCUT2D eigenvalue weighted by molar-refractivity contribution is 7.99. The first-order valence-electron chi connectivity index (χ1n) is 7.74. The van der Waals surface area contributed by atoms with Gasteiger partial charge in [0.05, 0.1) is 5.56 Å². The Kier molecular flexibility index (Phi) is 4.57. The minimum atomic E-state index is -0.275. The molecule has 0 saturated heterocycles. The minimum absolute atomic E-state index is 0.119. The summed E-state index contributed by atoms with van der Waals surface area (Å²) in [6.07, 6.45) is 1.99. The second-order valence-corrected chi connectivity index (χ2v) is 6.91. The minimum Gasteiger partial charge on any atom is -0.310 e. The van der Waals surface area contributed by atoms with Crippen LogP contribution in [0.1, 0.15) is 34.6 Å². The van der Waals surface area contributed by atoms with Gasteiger partial charge in [-0.3, -0.25) is 9.59 Å². The maximum absolute atomic E-state index is 12.6. The van der Waals surface area contributed by atoms with Crippen LogP contribution in [0.3, 0.4) is 0 Å². The summed E-state index contributed by atoms with van der Waals surface area (Å²) >= 11 is 1.38. The van der Waals surface area contributed by atoms with Gasteiger partial charge in [-0.1, -0.05) is 41.6 Å². The molecule has 5 nitrogen and oxygen atoms in total. The van der Waals surface area contributed by atoms with Crippen molar-refractivity contribution in [2.45, 2.75) is 31.3 Å². The van der Waals surface area contributed by atoms with Crippen LogP contribution in [0.4, 0.5) is 5.82 Å². The van der Waals surface area contributed by atoms with Gasteiger partial charge in [0.2, 0.25) is 5.91 Å². The number of fused-ring (bicyclic) bond motifs is 1. The first kappa shape index (κ1) is 16.5. The standard InChI is InChI=1S/C18H19N3O2S/c1-4-7-24-18-20-16-15(17(23)21-18)13(9-14(22)19-16)12-8-10(2)5-6-11(12)3/h4-6,8,13H,1,7,9H2,2-3H3,(H2,19,20,21,22,23). The zero-order valence-electron chi connectivity index (χ0n) is 13.7. The molecule has 0 saturated carbocycles. The summed E-state index contributed by atoms with van der Waals surface area (Å²) in [6, 6.07) is 6.09. The number of carbonyl (C=O) groups is 1. The fourth-order valence-corrected chi connectivity index (χ4v) is 3.55. The van der Waals surface area contributed by atoms with Crippen molar-refractivity contribution in [1.29, 1.82) is 0 Å². The van der Waals surface area contributed by atoms with Gasteiger partial charge in [0, 0.05) is 18.1 Å². The van der Waals surface area contributed by atoms with E-state index < -0.39 is 0 Å². The number of nitrogens with zero attached hydrogens (tertiary/aromatic N) is 1. The Hall–Kier alpha value is -2.34. The second-order valence-electron chi connectivity index (χ2n) is 5.90. The Labute approximate surface area is 144 Å². The number of thioether (sulfide) groups is 1. The topological polar surface area (TPSA) is 74.8 Å². The summed E-state index contributed by atoms with van der Waals surface area (Å²) in [4.78, 5) is 32.0. The van der Waals surface area contributed by atoms with E-state index in [-0.39, 0.29) is 23.8 Å². The molecule has 0 bridgehead atoms. The molecule has 1 aliphatic rings. The van der Waals surface area contributed by atoms with Gasteiger partial charge in [-0.25, -0.2) is 4.98 Å². The molecule has 1 unspecified atom stereocenters. The van der Waals surface area contributed by atoms with Crippen molar-refractivity contribution in [3.05, 3.63) is 63.5 Å². The van der Waals surface area contributed by atoms with Crippen molar-refractivity contribution in [2.24, 2.45) is 0 Å². The number of aromatic nitrogens is 2. The molecular weight excluding hydrogens is 322 g/mol. The number of amides is 1. The van der Waals surface area contributed by atoms with Crippen LogP contribution in [-0.2, 0) is 4.79 Å². The predicted molar refractivity (Wildman–Crippen MR) is 96.8 cm³/mol. The monoisotopic (exact) mass is 341 g/mol. The van der Waals surface area contributed by atoms with E-state index in [1.807, 2.05) is 32.0 Å². The highest BCUT2D eigenvalue weighted by Crippen LogP contribution is 2.36. The van der Waals surface area contributed by atoms with Crippen LogP contribution >= 0.6 is 11.8 Å². The van der Waals surface area contributed by atoms with Crippen LogP contribution in [0.5, 0.6) is 0 Å². The van der Waals surface area contributed by atoms with Gasteiger partial charge < -0.3 is 10.3 Å². The van der Waals surface area contributed by atoms with E-state index in [1.54, 1.807) is 6.08 Å². The van der Waals surface area contributed by atoms with Gasteiger partial charge in [0.15, 0.2) is 5.16 Å². The summed E-state index contributed by atoms with van der Waals surface area (Å²) in [5.74, 6) is 0.609. The molecule has 2 heterocycles. The number of anilines is 1. The van der Waals surface area contributed by atoms with Crippen molar-refractivity contribution in [3.63, 3.8) is 0 Å². The van der Waals surface area contributed by atoms with Crippen LogP contribution in [0, 0.1) is 13.8 Å². The van der Waals surface area contributed by atoms with E-state index in [2.05, 4.69) is 21.9 Å². The first-order chi connectivity index (χ1) is 11.5. The van der Waals surface area contributed by atoms with Crippen LogP contribution in [0.15, 0.2) is 40.8 Å².